The number of sulfonamides is 1. The molecule has 1 N–H and O–H groups in total. The summed E-state index contributed by atoms with van der Waals surface area (Å²) in [4.78, 5) is 25.0. The smallest absolute Gasteiger partial charge is 0.338 e. The van der Waals surface area contributed by atoms with Crippen molar-refractivity contribution in [3.8, 4) is 0 Å². The number of rotatable bonds is 7. The number of hydrogen-bond acceptors (Lipinski definition) is 5. The number of amides is 1. The summed E-state index contributed by atoms with van der Waals surface area (Å²) in [5, 5.41) is 0. The average Bonchev–Trinajstić information content (AvgIpc) is 2.62. The van der Waals surface area contributed by atoms with Gasteiger partial charge in [-0.05, 0) is 58.7 Å². The lowest BCUT2D eigenvalue weighted by molar-refractivity contribution is -0.127. The van der Waals surface area contributed by atoms with Crippen LogP contribution in [0.3, 0.4) is 0 Å². The van der Waals surface area contributed by atoms with Crippen molar-refractivity contribution < 1.29 is 22.7 Å². The van der Waals surface area contributed by atoms with Crippen LogP contribution < -0.4 is 4.72 Å². The lowest BCUT2D eigenvalue weighted by atomic mass is 10.1. The Hall–Kier alpha value is -2.39. The molecule has 2 rings (SSSR count). The molecule has 0 aliphatic heterocycles. The van der Waals surface area contributed by atoms with Crippen LogP contribution in [0.25, 0.3) is 0 Å². The first kappa shape index (κ1) is 21.9. The molecular weight excluding hydrogens is 448 g/mol. The zero-order chi connectivity index (χ0) is 20.9. The molecule has 0 atom stereocenters. The lowest BCUT2D eigenvalue weighted by Crippen LogP contribution is -2.23. The molecule has 0 spiro atoms. The largest absolute Gasteiger partial charge is 0.462 e. The van der Waals surface area contributed by atoms with Crippen LogP contribution in [0.2, 0.25) is 0 Å². The summed E-state index contributed by atoms with van der Waals surface area (Å²) in [7, 11) is -0.519. The van der Waals surface area contributed by atoms with E-state index in [9.17, 15) is 18.0 Å². The van der Waals surface area contributed by atoms with Gasteiger partial charge in [-0.25, -0.2) is 13.2 Å². The van der Waals surface area contributed by atoms with E-state index in [1.165, 1.54) is 23.1 Å². The van der Waals surface area contributed by atoms with Crippen LogP contribution in [0.5, 0.6) is 0 Å². The predicted octanol–water partition coefficient (Wildman–Crippen LogP) is 3.06. The van der Waals surface area contributed by atoms with Crippen molar-refractivity contribution >= 4 is 43.5 Å². The van der Waals surface area contributed by atoms with Gasteiger partial charge in [-0.1, -0.05) is 12.1 Å². The normalized spacial score (nSPS) is 11.0. The summed E-state index contributed by atoms with van der Waals surface area (Å²) >= 11 is 3.20. The molecule has 0 radical (unpaired) electrons. The summed E-state index contributed by atoms with van der Waals surface area (Å²) in [5.74, 6) is -0.568. The molecule has 0 aliphatic carbocycles. The van der Waals surface area contributed by atoms with Gasteiger partial charge in [-0.3, -0.25) is 9.52 Å². The molecule has 0 bridgehead atoms. The number of ether oxygens (including phenoxy) is 1. The summed E-state index contributed by atoms with van der Waals surface area (Å²) in [6, 6.07) is 10.7. The van der Waals surface area contributed by atoms with E-state index in [-0.39, 0.29) is 33.9 Å². The molecule has 0 heterocycles. The minimum Gasteiger partial charge on any atom is -0.462 e. The van der Waals surface area contributed by atoms with Gasteiger partial charge in [0.25, 0.3) is 10.0 Å². The Morgan fingerprint density at radius 1 is 1.11 bits per heavy atom. The second kappa shape index (κ2) is 9.20. The Morgan fingerprint density at radius 3 is 2.29 bits per heavy atom. The van der Waals surface area contributed by atoms with Crippen molar-refractivity contribution in [1.29, 1.82) is 0 Å². The first-order valence-corrected chi connectivity index (χ1v) is 10.7. The molecule has 2 aromatic carbocycles. The Kier molecular flexibility index (Phi) is 7.20. The van der Waals surface area contributed by atoms with E-state index in [0.717, 1.165) is 5.56 Å². The quantitative estimate of drug-likeness (QED) is 0.630. The van der Waals surface area contributed by atoms with E-state index < -0.39 is 16.0 Å². The third kappa shape index (κ3) is 5.56. The number of esters is 1. The minimum absolute atomic E-state index is 0.00703. The number of carbonyl (C=O) groups excluding carboxylic acids is 2. The van der Waals surface area contributed by atoms with Gasteiger partial charge in [0.15, 0.2) is 0 Å². The minimum atomic E-state index is -3.87. The van der Waals surface area contributed by atoms with Gasteiger partial charge >= 0.3 is 5.97 Å². The number of halogens is 1. The van der Waals surface area contributed by atoms with Crippen molar-refractivity contribution in [2.75, 3.05) is 25.4 Å². The van der Waals surface area contributed by atoms with Crippen molar-refractivity contribution in [2.24, 2.45) is 0 Å². The molecule has 0 saturated carbocycles. The maximum atomic E-state index is 12.7. The number of nitrogens with zero attached hydrogens (tertiary/aromatic N) is 1. The molecule has 2 aromatic rings. The third-order valence-electron chi connectivity index (χ3n) is 3.79. The predicted molar refractivity (Wildman–Crippen MR) is 110 cm³/mol. The molecule has 0 unspecified atom stereocenters. The lowest BCUT2D eigenvalue weighted by Gasteiger charge is -2.12. The van der Waals surface area contributed by atoms with E-state index in [1.807, 2.05) is 0 Å². The van der Waals surface area contributed by atoms with Crippen molar-refractivity contribution in [3.05, 3.63) is 58.1 Å². The SMILES string of the molecule is CCOC(=O)c1ccc(S(=O)(=O)Nc2ccc(CC(=O)N(C)C)cc2)c(Br)c1. The number of nitrogens with one attached hydrogen (secondary N) is 1. The molecule has 0 aliphatic rings. The first-order valence-electron chi connectivity index (χ1n) is 8.42. The molecule has 0 aromatic heterocycles. The van der Waals surface area contributed by atoms with Crippen molar-refractivity contribution in [1.82, 2.24) is 4.90 Å². The number of carbonyl (C=O) groups is 2. The van der Waals surface area contributed by atoms with Gasteiger partial charge in [0.1, 0.15) is 4.90 Å². The Balaban J connectivity index is 2.17. The Bertz CT molecular complexity index is 972. The summed E-state index contributed by atoms with van der Waals surface area (Å²) in [6.07, 6.45) is 0.237. The average molecular weight is 469 g/mol. The standard InChI is InChI=1S/C19H21BrN2O5S/c1-4-27-19(24)14-7-10-17(16(20)12-14)28(25,26)21-15-8-5-13(6-9-15)11-18(23)22(2)3/h5-10,12,21H,4,11H2,1-3H3. The fourth-order valence-electron chi connectivity index (χ4n) is 2.29. The number of anilines is 1. The monoisotopic (exact) mass is 468 g/mol. The van der Waals surface area contributed by atoms with Crippen LogP contribution in [-0.4, -0.2) is 45.9 Å². The molecule has 7 nitrogen and oxygen atoms in total. The Labute approximate surface area is 172 Å². The van der Waals surface area contributed by atoms with Gasteiger partial charge < -0.3 is 9.64 Å². The maximum Gasteiger partial charge on any atom is 0.338 e. The van der Waals surface area contributed by atoms with Crippen molar-refractivity contribution in [2.45, 2.75) is 18.2 Å². The van der Waals surface area contributed by atoms with E-state index >= 15 is 0 Å². The molecule has 1 amide bonds. The highest BCUT2D eigenvalue weighted by Crippen LogP contribution is 2.26. The van der Waals surface area contributed by atoms with Crippen LogP contribution >= 0.6 is 15.9 Å². The molecular formula is C19H21BrN2O5S. The van der Waals surface area contributed by atoms with Gasteiger partial charge in [0.05, 0.1) is 18.6 Å². The fraction of sp³-hybridized carbons (Fsp3) is 0.263. The van der Waals surface area contributed by atoms with Gasteiger partial charge in [-0.15, -0.1) is 0 Å². The van der Waals surface area contributed by atoms with Gasteiger partial charge in [0.2, 0.25) is 5.91 Å². The topological polar surface area (TPSA) is 92.8 Å². The third-order valence-corrected chi connectivity index (χ3v) is 6.15. The van der Waals surface area contributed by atoms with Crippen LogP contribution in [0.1, 0.15) is 22.8 Å². The highest BCUT2D eigenvalue weighted by molar-refractivity contribution is 9.10. The summed E-state index contributed by atoms with van der Waals surface area (Å²) in [6.45, 7) is 1.92. The summed E-state index contributed by atoms with van der Waals surface area (Å²) in [5.41, 5.74) is 1.40. The first-order chi connectivity index (χ1) is 13.1. The van der Waals surface area contributed by atoms with Gasteiger partial charge in [0, 0.05) is 24.3 Å². The zero-order valence-electron chi connectivity index (χ0n) is 15.7. The second-order valence-electron chi connectivity index (χ2n) is 6.13. The van der Waals surface area contributed by atoms with Crippen LogP contribution in [0.4, 0.5) is 5.69 Å². The fourth-order valence-corrected chi connectivity index (χ4v) is 4.43. The van der Waals surface area contributed by atoms with E-state index in [2.05, 4.69) is 20.7 Å². The van der Waals surface area contributed by atoms with Crippen LogP contribution in [0.15, 0.2) is 51.8 Å². The highest BCUT2D eigenvalue weighted by atomic mass is 79.9. The molecule has 0 fully saturated rings. The number of hydrogen-bond donors (Lipinski definition) is 1. The molecule has 9 heteroatoms. The zero-order valence-corrected chi connectivity index (χ0v) is 18.1. The summed E-state index contributed by atoms with van der Waals surface area (Å²) < 4.78 is 33.0. The molecule has 28 heavy (non-hydrogen) atoms. The van der Waals surface area contributed by atoms with Gasteiger partial charge in [-0.2, -0.15) is 0 Å². The second-order valence-corrected chi connectivity index (χ2v) is 8.64. The molecule has 150 valence electrons. The van der Waals surface area contributed by atoms with E-state index in [4.69, 9.17) is 4.74 Å². The Morgan fingerprint density at radius 2 is 1.75 bits per heavy atom. The molecule has 0 saturated heterocycles. The van der Waals surface area contributed by atoms with Crippen LogP contribution in [0, 0.1) is 0 Å². The maximum absolute atomic E-state index is 12.7. The van der Waals surface area contributed by atoms with E-state index in [1.54, 1.807) is 45.3 Å². The van der Waals surface area contributed by atoms with Crippen molar-refractivity contribution in [3.63, 3.8) is 0 Å². The van der Waals surface area contributed by atoms with E-state index in [0.29, 0.717) is 5.69 Å². The van der Waals surface area contributed by atoms with Crippen LogP contribution in [-0.2, 0) is 26.0 Å². The number of likely N-dealkylation sites (N-methyl/N-ethyl adjacent to an activating group) is 1. The number of benzene rings is 2. The highest BCUT2D eigenvalue weighted by Gasteiger charge is 2.20.